The number of nitrogens with one attached hydrogen (secondary N) is 2. The second-order valence-electron chi connectivity index (χ2n) is 5.35. The maximum absolute atomic E-state index is 11.8. The number of carbonyl (C=O) groups excluding carboxylic acids is 2. The van der Waals surface area contributed by atoms with Crippen LogP contribution in [0.15, 0.2) is 0 Å². The summed E-state index contributed by atoms with van der Waals surface area (Å²) in [5.74, 6) is -0.293. The largest absolute Gasteiger partial charge is 0.355 e. The van der Waals surface area contributed by atoms with Gasteiger partial charge in [-0.1, -0.05) is 19.3 Å². The van der Waals surface area contributed by atoms with Gasteiger partial charge >= 0.3 is 0 Å². The number of amides is 2. The fourth-order valence-electron chi connectivity index (χ4n) is 2.63. The van der Waals surface area contributed by atoms with E-state index < -0.39 is 0 Å². The highest BCUT2D eigenvalue weighted by molar-refractivity contribution is 5.89. The van der Waals surface area contributed by atoms with Crippen LogP contribution in [0.25, 0.3) is 0 Å². The number of rotatable bonds is 3. The third-order valence-electron chi connectivity index (χ3n) is 3.81. The van der Waals surface area contributed by atoms with E-state index in [-0.39, 0.29) is 23.3 Å². The van der Waals surface area contributed by atoms with Gasteiger partial charge in [-0.15, -0.1) is 0 Å². The molecule has 1 heterocycles. The molecule has 2 aliphatic rings. The molecule has 0 aromatic rings. The molecule has 0 aromatic heterocycles. The molecular formula is C12H21N3O2. The molecule has 2 fully saturated rings. The zero-order valence-corrected chi connectivity index (χ0v) is 10.1. The number of hydrogen-bond donors (Lipinski definition) is 3. The van der Waals surface area contributed by atoms with Gasteiger partial charge < -0.3 is 16.4 Å². The molecule has 0 bridgehead atoms. The summed E-state index contributed by atoms with van der Waals surface area (Å²) in [6.07, 6.45) is 5.81. The van der Waals surface area contributed by atoms with Crippen LogP contribution in [0.4, 0.5) is 0 Å². The minimum absolute atomic E-state index is 0.0368. The van der Waals surface area contributed by atoms with Gasteiger partial charge in [0.25, 0.3) is 0 Å². The second-order valence-corrected chi connectivity index (χ2v) is 5.35. The second kappa shape index (κ2) is 5.04. The molecule has 1 aliphatic carbocycles. The van der Waals surface area contributed by atoms with Crippen molar-refractivity contribution in [1.82, 2.24) is 10.6 Å². The lowest BCUT2D eigenvalue weighted by atomic mass is 9.82. The van der Waals surface area contributed by atoms with E-state index in [2.05, 4.69) is 10.6 Å². The van der Waals surface area contributed by atoms with Gasteiger partial charge in [0.15, 0.2) is 0 Å². The maximum atomic E-state index is 11.8. The fourth-order valence-corrected chi connectivity index (χ4v) is 2.63. The quantitative estimate of drug-likeness (QED) is 0.643. The first-order chi connectivity index (χ1) is 8.09. The molecule has 5 heteroatoms. The number of hydrogen-bond acceptors (Lipinski definition) is 3. The first-order valence-corrected chi connectivity index (χ1v) is 6.42. The molecule has 1 aliphatic heterocycles. The Kier molecular flexibility index (Phi) is 3.66. The molecule has 1 unspecified atom stereocenters. The summed E-state index contributed by atoms with van der Waals surface area (Å²) in [5, 5.41) is 5.57. The molecule has 0 radical (unpaired) electrons. The summed E-state index contributed by atoms with van der Waals surface area (Å²) in [7, 11) is 0. The Hall–Kier alpha value is -1.10. The Morgan fingerprint density at radius 1 is 1.41 bits per heavy atom. The molecule has 17 heavy (non-hydrogen) atoms. The van der Waals surface area contributed by atoms with Crippen molar-refractivity contribution in [2.24, 2.45) is 11.7 Å². The van der Waals surface area contributed by atoms with Crippen LogP contribution in [0.5, 0.6) is 0 Å². The van der Waals surface area contributed by atoms with Crippen molar-refractivity contribution in [2.75, 3.05) is 13.1 Å². The van der Waals surface area contributed by atoms with Gasteiger partial charge in [0.2, 0.25) is 11.8 Å². The minimum Gasteiger partial charge on any atom is -0.355 e. The van der Waals surface area contributed by atoms with Crippen LogP contribution in [-0.2, 0) is 9.59 Å². The monoisotopic (exact) mass is 239 g/mol. The van der Waals surface area contributed by atoms with Gasteiger partial charge in [-0.25, -0.2) is 0 Å². The Bertz CT molecular complexity index is 311. The third-order valence-corrected chi connectivity index (χ3v) is 3.81. The Balaban J connectivity index is 1.77. The average Bonchev–Trinajstić information content (AvgIpc) is 2.74. The van der Waals surface area contributed by atoms with Gasteiger partial charge in [-0.2, -0.15) is 0 Å². The topological polar surface area (TPSA) is 84.2 Å². The molecule has 1 saturated heterocycles. The highest BCUT2D eigenvalue weighted by atomic mass is 16.2. The van der Waals surface area contributed by atoms with E-state index in [1.165, 1.54) is 6.42 Å². The fraction of sp³-hybridized carbons (Fsp3) is 0.833. The van der Waals surface area contributed by atoms with Gasteiger partial charge in [0, 0.05) is 25.0 Å². The number of nitrogens with two attached hydrogens (primary N) is 1. The van der Waals surface area contributed by atoms with Crippen LogP contribution in [-0.4, -0.2) is 30.4 Å². The van der Waals surface area contributed by atoms with E-state index in [9.17, 15) is 9.59 Å². The van der Waals surface area contributed by atoms with E-state index in [1.54, 1.807) is 0 Å². The summed E-state index contributed by atoms with van der Waals surface area (Å²) in [4.78, 5) is 22.8. The Labute approximate surface area is 102 Å². The summed E-state index contributed by atoms with van der Waals surface area (Å²) in [6, 6.07) is 0. The zero-order valence-electron chi connectivity index (χ0n) is 10.1. The van der Waals surface area contributed by atoms with E-state index in [0.717, 1.165) is 25.7 Å². The normalized spacial score (nSPS) is 27.6. The summed E-state index contributed by atoms with van der Waals surface area (Å²) < 4.78 is 0. The highest BCUT2D eigenvalue weighted by Gasteiger charge is 2.31. The van der Waals surface area contributed by atoms with Gasteiger partial charge in [-0.3, -0.25) is 9.59 Å². The van der Waals surface area contributed by atoms with E-state index in [4.69, 9.17) is 5.73 Å². The number of carbonyl (C=O) groups is 2. The van der Waals surface area contributed by atoms with E-state index in [1.807, 2.05) is 0 Å². The van der Waals surface area contributed by atoms with Crippen molar-refractivity contribution in [2.45, 2.75) is 44.1 Å². The molecule has 4 N–H and O–H groups in total. The van der Waals surface area contributed by atoms with Crippen molar-refractivity contribution in [1.29, 1.82) is 0 Å². The van der Waals surface area contributed by atoms with Crippen molar-refractivity contribution in [3.8, 4) is 0 Å². The predicted octanol–water partition coefficient (Wildman–Crippen LogP) is -0.0997. The lowest BCUT2D eigenvalue weighted by Gasteiger charge is -2.33. The van der Waals surface area contributed by atoms with Crippen molar-refractivity contribution in [3.05, 3.63) is 0 Å². The van der Waals surface area contributed by atoms with Crippen LogP contribution in [0, 0.1) is 5.92 Å². The standard InChI is InChI=1S/C12H21N3O2/c13-12(4-2-1-3-5-12)8-15-11(17)9-6-10(16)14-7-9/h9H,1-8,13H2,(H,14,16)(H,15,17). The van der Waals surface area contributed by atoms with Crippen molar-refractivity contribution < 1.29 is 9.59 Å². The van der Waals surface area contributed by atoms with E-state index >= 15 is 0 Å². The van der Waals surface area contributed by atoms with Crippen molar-refractivity contribution in [3.63, 3.8) is 0 Å². The minimum atomic E-state index is -0.232. The lowest BCUT2D eigenvalue weighted by Crippen LogP contribution is -2.52. The Morgan fingerprint density at radius 3 is 2.71 bits per heavy atom. The summed E-state index contributed by atoms with van der Waals surface area (Å²) in [6.45, 7) is 0.999. The highest BCUT2D eigenvalue weighted by Crippen LogP contribution is 2.25. The average molecular weight is 239 g/mol. The van der Waals surface area contributed by atoms with Crippen molar-refractivity contribution >= 4 is 11.8 Å². The Morgan fingerprint density at radius 2 is 2.12 bits per heavy atom. The van der Waals surface area contributed by atoms with Gasteiger partial charge in [0.1, 0.15) is 0 Å². The molecule has 96 valence electrons. The van der Waals surface area contributed by atoms with Crippen LogP contribution < -0.4 is 16.4 Å². The van der Waals surface area contributed by atoms with Crippen LogP contribution in [0.3, 0.4) is 0 Å². The smallest absolute Gasteiger partial charge is 0.225 e. The third kappa shape index (κ3) is 3.19. The molecule has 0 spiro atoms. The zero-order chi connectivity index (χ0) is 12.3. The maximum Gasteiger partial charge on any atom is 0.225 e. The van der Waals surface area contributed by atoms with Gasteiger partial charge in [0.05, 0.1) is 5.92 Å². The SMILES string of the molecule is NC1(CNC(=O)C2CNC(=O)C2)CCCCC1. The van der Waals surface area contributed by atoms with E-state index in [0.29, 0.717) is 19.5 Å². The molecule has 2 rings (SSSR count). The molecule has 5 nitrogen and oxygen atoms in total. The van der Waals surface area contributed by atoms with Crippen LogP contribution in [0.2, 0.25) is 0 Å². The molecular weight excluding hydrogens is 218 g/mol. The molecule has 2 amide bonds. The molecule has 1 saturated carbocycles. The lowest BCUT2D eigenvalue weighted by molar-refractivity contribution is -0.126. The first kappa shape index (κ1) is 12.4. The summed E-state index contributed by atoms with van der Waals surface area (Å²) in [5.41, 5.74) is 6.00. The first-order valence-electron chi connectivity index (χ1n) is 6.42. The molecule has 1 atom stereocenters. The summed E-state index contributed by atoms with van der Waals surface area (Å²) >= 11 is 0. The predicted molar refractivity (Wildman–Crippen MR) is 64.1 cm³/mol. The van der Waals surface area contributed by atoms with Gasteiger partial charge in [-0.05, 0) is 12.8 Å². The van der Waals surface area contributed by atoms with Crippen LogP contribution >= 0.6 is 0 Å². The van der Waals surface area contributed by atoms with Crippen LogP contribution in [0.1, 0.15) is 38.5 Å². The molecule has 0 aromatic carbocycles.